The van der Waals surface area contributed by atoms with Crippen LogP contribution in [0, 0.1) is 11.3 Å². The van der Waals surface area contributed by atoms with Crippen molar-refractivity contribution in [1.29, 1.82) is 0 Å². The molecular weight excluding hydrogens is 295 g/mol. The topological polar surface area (TPSA) is 41.1 Å². The van der Waals surface area contributed by atoms with Gasteiger partial charge in [0.1, 0.15) is 0 Å². The van der Waals surface area contributed by atoms with Gasteiger partial charge in [-0.05, 0) is 50.0 Å². The van der Waals surface area contributed by atoms with E-state index in [1.165, 1.54) is 0 Å². The molecule has 1 aromatic carbocycles. The zero-order chi connectivity index (χ0) is 14.8. The number of nitrogens with one attached hydrogen (secondary N) is 2. The minimum Gasteiger partial charge on any atom is -0.326 e. The van der Waals surface area contributed by atoms with E-state index in [-0.39, 0.29) is 5.91 Å². The highest BCUT2D eigenvalue weighted by atomic mass is 35.5. The molecule has 1 atom stereocenters. The van der Waals surface area contributed by atoms with E-state index in [1.54, 1.807) is 18.2 Å². The summed E-state index contributed by atoms with van der Waals surface area (Å²) in [6.45, 7) is 5.93. The summed E-state index contributed by atoms with van der Waals surface area (Å²) in [5.74, 6) is 0.364. The highest BCUT2D eigenvalue weighted by Gasteiger charge is 2.37. The van der Waals surface area contributed by atoms with E-state index in [2.05, 4.69) is 10.6 Å². The molecule has 1 aromatic rings. The molecule has 0 spiro atoms. The first-order valence-electron chi connectivity index (χ1n) is 6.88. The lowest BCUT2D eigenvalue weighted by Gasteiger charge is -2.36. The zero-order valence-electron chi connectivity index (χ0n) is 11.8. The van der Waals surface area contributed by atoms with Crippen molar-refractivity contribution in [1.82, 2.24) is 5.32 Å². The predicted octanol–water partition coefficient (Wildman–Crippen LogP) is 3.96. The van der Waals surface area contributed by atoms with Gasteiger partial charge in [-0.2, -0.15) is 0 Å². The molecular formula is C15H20Cl2N2O. The summed E-state index contributed by atoms with van der Waals surface area (Å²) in [5.41, 5.74) is 0.265. The summed E-state index contributed by atoms with van der Waals surface area (Å²) in [6.07, 6.45) is 2.20. The number of carbonyl (C=O) groups excluding carboxylic acids is 1. The molecule has 2 N–H and O–H groups in total. The Labute approximate surface area is 130 Å². The van der Waals surface area contributed by atoms with Crippen molar-refractivity contribution in [3.05, 3.63) is 28.2 Å². The summed E-state index contributed by atoms with van der Waals surface area (Å²) in [5, 5.41) is 7.23. The first-order valence-corrected chi connectivity index (χ1v) is 7.64. The summed E-state index contributed by atoms with van der Waals surface area (Å²) < 4.78 is 0. The smallest absolute Gasteiger partial charge is 0.230 e. The Morgan fingerprint density at radius 3 is 2.70 bits per heavy atom. The van der Waals surface area contributed by atoms with Gasteiger partial charge in [0, 0.05) is 11.1 Å². The first-order chi connectivity index (χ1) is 9.41. The number of hydrogen-bond donors (Lipinski definition) is 2. The van der Waals surface area contributed by atoms with Crippen LogP contribution in [0.5, 0.6) is 0 Å². The molecule has 1 aliphatic rings. The van der Waals surface area contributed by atoms with Crippen LogP contribution in [0.4, 0.5) is 5.69 Å². The molecule has 1 amide bonds. The van der Waals surface area contributed by atoms with Gasteiger partial charge in [-0.25, -0.2) is 0 Å². The van der Waals surface area contributed by atoms with Crippen molar-refractivity contribution in [2.45, 2.75) is 26.7 Å². The fourth-order valence-electron chi connectivity index (χ4n) is 2.52. The van der Waals surface area contributed by atoms with Crippen LogP contribution >= 0.6 is 23.2 Å². The fourth-order valence-corrected chi connectivity index (χ4v) is 2.82. The van der Waals surface area contributed by atoms with Gasteiger partial charge in [0.05, 0.1) is 10.0 Å². The average Bonchev–Trinajstić information content (AvgIpc) is 2.44. The Hall–Kier alpha value is -0.770. The third kappa shape index (κ3) is 3.46. The fraction of sp³-hybridized carbons (Fsp3) is 0.533. The summed E-state index contributed by atoms with van der Waals surface area (Å²) in [6, 6.07) is 5.13. The highest BCUT2D eigenvalue weighted by Crippen LogP contribution is 2.33. The van der Waals surface area contributed by atoms with Gasteiger partial charge < -0.3 is 10.6 Å². The molecule has 1 saturated heterocycles. The number of benzene rings is 1. The maximum Gasteiger partial charge on any atom is 0.230 e. The Morgan fingerprint density at radius 2 is 2.10 bits per heavy atom. The van der Waals surface area contributed by atoms with Crippen molar-refractivity contribution in [3.63, 3.8) is 0 Å². The molecule has 2 rings (SSSR count). The molecule has 3 nitrogen and oxygen atoms in total. The van der Waals surface area contributed by atoms with Crippen molar-refractivity contribution < 1.29 is 4.79 Å². The van der Waals surface area contributed by atoms with E-state index in [1.807, 2.05) is 13.8 Å². The number of carbonyl (C=O) groups is 1. The lowest BCUT2D eigenvalue weighted by Crippen LogP contribution is -2.44. The predicted molar refractivity (Wildman–Crippen MR) is 84.5 cm³/mol. The normalized spacial score (nSPS) is 19.7. The monoisotopic (exact) mass is 314 g/mol. The van der Waals surface area contributed by atoms with Crippen molar-refractivity contribution >= 4 is 34.8 Å². The number of anilines is 1. The SMILES string of the molecule is CC(C)(C(=O)Nc1ccc(Cl)c(Cl)c1)C1CCCNC1. The highest BCUT2D eigenvalue weighted by molar-refractivity contribution is 6.42. The van der Waals surface area contributed by atoms with Gasteiger partial charge in [-0.15, -0.1) is 0 Å². The number of amides is 1. The van der Waals surface area contributed by atoms with Crippen LogP contribution in [-0.2, 0) is 4.79 Å². The molecule has 1 unspecified atom stereocenters. The Kier molecular flexibility index (Phi) is 4.95. The molecule has 0 bridgehead atoms. The number of halogens is 2. The van der Waals surface area contributed by atoms with Crippen molar-refractivity contribution in [2.75, 3.05) is 18.4 Å². The van der Waals surface area contributed by atoms with Gasteiger partial charge in [0.25, 0.3) is 0 Å². The van der Waals surface area contributed by atoms with E-state index in [0.717, 1.165) is 25.9 Å². The maximum atomic E-state index is 12.5. The molecule has 0 saturated carbocycles. The molecule has 0 aliphatic carbocycles. The van der Waals surface area contributed by atoms with Gasteiger partial charge in [0.2, 0.25) is 5.91 Å². The van der Waals surface area contributed by atoms with Gasteiger partial charge in [0.15, 0.2) is 0 Å². The van der Waals surface area contributed by atoms with E-state index in [9.17, 15) is 4.79 Å². The largest absolute Gasteiger partial charge is 0.326 e. The average molecular weight is 315 g/mol. The third-order valence-electron chi connectivity index (χ3n) is 4.08. The quantitative estimate of drug-likeness (QED) is 0.886. The van der Waals surface area contributed by atoms with E-state index in [0.29, 0.717) is 21.7 Å². The Balaban J connectivity index is 2.07. The van der Waals surface area contributed by atoms with Crippen LogP contribution in [0.2, 0.25) is 10.0 Å². The second-order valence-electron chi connectivity index (χ2n) is 5.85. The summed E-state index contributed by atoms with van der Waals surface area (Å²) in [7, 11) is 0. The van der Waals surface area contributed by atoms with Crippen LogP contribution in [0.15, 0.2) is 18.2 Å². The van der Waals surface area contributed by atoms with E-state index < -0.39 is 5.41 Å². The zero-order valence-corrected chi connectivity index (χ0v) is 13.3. The van der Waals surface area contributed by atoms with Gasteiger partial charge in [-0.3, -0.25) is 4.79 Å². The van der Waals surface area contributed by atoms with Gasteiger partial charge in [-0.1, -0.05) is 37.0 Å². The molecule has 1 fully saturated rings. The molecule has 1 heterocycles. The number of hydrogen-bond acceptors (Lipinski definition) is 2. The lowest BCUT2D eigenvalue weighted by molar-refractivity contribution is -0.127. The van der Waals surface area contributed by atoms with Gasteiger partial charge >= 0.3 is 0 Å². The standard InChI is InChI=1S/C15H20Cl2N2O/c1-15(2,10-4-3-7-18-9-10)14(20)19-11-5-6-12(16)13(17)8-11/h5-6,8,10,18H,3-4,7,9H2,1-2H3,(H,19,20). The van der Waals surface area contributed by atoms with Crippen LogP contribution in [-0.4, -0.2) is 19.0 Å². The second kappa shape index (κ2) is 6.33. The van der Waals surface area contributed by atoms with Crippen molar-refractivity contribution in [2.24, 2.45) is 11.3 Å². The molecule has 110 valence electrons. The Bertz CT molecular complexity index is 497. The minimum atomic E-state index is -0.417. The first kappa shape index (κ1) is 15.6. The summed E-state index contributed by atoms with van der Waals surface area (Å²) >= 11 is 11.8. The maximum absolute atomic E-state index is 12.5. The van der Waals surface area contributed by atoms with Crippen LogP contribution in [0.1, 0.15) is 26.7 Å². The molecule has 0 aromatic heterocycles. The van der Waals surface area contributed by atoms with Crippen LogP contribution < -0.4 is 10.6 Å². The molecule has 5 heteroatoms. The Morgan fingerprint density at radius 1 is 1.35 bits per heavy atom. The van der Waals surface area contributed by atoms with E-state index in [4.69, 9.17) is 23.2 Å². The van der Waals surface area contributed by atoms with E-state index >= 15 is 0 Å². The summed E-state index contributed by atoms with van der Waals surface area (Å²) in [4.78, 5) is 12.5. The van der Waals surface area contributed by atoms with Crippen LogP contribution in [0.25, 0.3) is 0 Å². The van der Waals surface area contributed by atoms with Crippen LogP contribution in [0.3, 0.4) is 0 Å². The van der Waals surface area contributed by atoms with Crippen molar-refractivity contribution in [3.8, 4) is 0 Å². The molecule has 0 radical (unpaired) electrons. The molecule has 20 heavy (non-hydrogen) atoms. The lowest BCUT2D eigenvalue weighted by atomic mass is 9.74. The number of rotatable bonds is 3. The third-order valence-corrected chi connectivity index (χ3v) is 4.82. The minimum absolute atomic E-state index is 0.0181. The second-order valence-corrected chi connectivity index (χ2v) is 6.66. The molecule has 1 aliphatic heterocycles. The number of piperidine rings is 1.